The van der Waals surface area contributed by atoms with Gasteiger partial charge in [-0.3, -0.25) is 0 Å². The molecule has 0 amide bonds. The van der Waals surface area contributed by atoms with Crippen molar-refractivity contribution in [2.75, 3.05) is 11.9 Å². The largest absolute Gasteiger partial charge is 0.491 e. The molecule has 0 atom stereocenters. The van der Waals surface area contributed by atoms with E-state index in [9.17, 15) is 0 Å². The third kappa shape index (κ3) is 4.17. The minimum Gasteiger partial charge on any atom is -0.491 e. The second kappa shape index (κ2) is 7.94. The molecule has 25 heavy (non-hydrogen) atoms. The van der Waals surface area contributed by atoms with E-state index in [1.54, 1.807) is 0 Å². The molecule has 0 unspecified atom stereocenters. The average molecular weight is 375 g/mol. The van der Waals surface area contributed by atoms with Crippen LogP contribution in [0, 0.1) is 6.92 Å². The van der Waals surface area contributed by atoms with Crippen LogP contribution in [-0.4, -0.2) is 11.6 Å². The number of ether oxygens (including phenoxy) is 1. The molecule has 0 aliphatic carbocycles. The molecule has 130 valence electrons. The number of benzene rings is 2. The number of para-hydroxylation sites is 1. The summed E-state index contributed by atoms with van der Waals surface area (Å²) in [5.41, 5.74) is 3.91. The predicted molar refractivity (Wildman–Crippen MR) is 106 cm³/mol. The van der Waals surface area contributed by atoms with Gasteiger partial charge in [-0.25, -0.2) is 4.98 Å². The minimum absolute atomic E-state index is 0.562. The smallest absolute Gasteiger partial charge is 0.145 e. The van der Waals surface area contributed by atoms with Crippen molar-refractivity contribution in [1.29, 1.82) is 0 Å². The van der Waals surface area contributed by atoms with Crippen molar-refractivity contribution >= 4 is 39.8 Å². The number of fused-ring (bicyclic) bond motifs is 1. The SMILES string of the molecule is CCCOc1cccc2c(NCc3ccc(Cl)c(Cl)c3)cc(C)nc12. The molecule has 3 rings (SSSR count). The van der Waals surface area contributed by atoms with Crippen molar-refractivity contribution < 1.29 is 4.74 Å². The lowest BCUT2D eigenvalue weighted by Gasteiger charge is -2.14. The third-order valence-corrected chi connectivity index (χ3v) is 4.60. The lowest BCUT2D eigenvalue weighted by atomic mass is 10.1. The molecule has 1 N–H and O–H groups in total. The molecular weight excluding hydrogens is 355 g/mol. The van der Waals surface area contributed by atoms with Crippen molar-refractivity contribution in [2.24, 2.45) is 0 Å². The number of halogens is 2. The van der Waals surface area contributed by atoms with E-state index >= 15 is 0 Å². The zero-order valence-corrected chi connectivity index (χ0v) is 15.8. The number of hydrogen-bond donors (Lipinski definition) is 1. The van der Waals surface area contributed by atoms with E-state index in [4.69, 9.17) is 27.9 Å². The highest BCUT2D eigenvalue weighted by atomic mass is 35.5. The number of aryl methyl sites for hydroxylation is 1. The van der Waals surface area contributed by atoms with Gasteiger partial charge >= 0.3 is 0 Å². The molecule has 0 bridgehead atoms. The molecule has 0 aliphatic heterocycles. The summed E-state index contributed by atoms with van der Waals surface area (Å²) in [4.78, 5) is 4.67. The Hall–Kier alpha value is -1.97. The van der Waals surface area contributed by atoms with E-state index in [2.05, 4.69) is 23.3 Å². The first-order valence-corrected chi connectivity index (χ1v) is 9.05. The van der Waals surface area contributed by atoms with Crippen molar-refractivity contribution in [3.63, 3.8) is 0 Å². The van der Waals surface area contributed by atoms with Crippen molar-refractivity contribution in [3.8, 4) is 5.75 Å². The summed E-state index contributed by atoms with van der Waals surface area (Å²) in [5.74, 6) is 0.820. The molecule has 0 saturated carbocycles. The number of pyridine rings is 1. The number of nitrogens with one attached hydrogen (secondary N) is 1. The fraction of sp³-hybridized carbons (Fsp3) is 0.250. The van der Waals surface area contributed by atoms with Crippen LogP contribution in [0.25, 0.3) is 10.9 Å². The van der Waals surface area contributed by atoms with Gasteiger partial charge in [-0.1, -0.05) is 48.3 Å². The maximum absolute atomic E-state index is 6.10. The number of rotatable bonds is 6. The van der Waals surface area contributed by atoms with Crippen LogP contribution in [0.2, 0.25) is 10.0 Å². The Morgan fingerprint density at radius 3 is 2.68 bits per heavy atom. The van der Waals surface area contributed by atoms with Gasteiger partial charge in [0.05, 0.1) is 16.7 Å². The predicted octanol–water partition coefficient (Wildman–Crippen LogP) is 6.25. The zero-order valence-electron chi connectivity index (χ0n) is 14.3. The molecule has 0 spiro atoms. The Morgan fingerprint density at radius 1 is 1.08 bits per heavy atom. The van der Waals surface area contributed by atoms with Crippen molar-refractivity contribution in [2.45, 2.75) is 26.8 Å². The normalized spacial score (nSPS) is 10.9. The molecule has 0 saturated heterocycles. The van der Waals surface area contributed by atoms with Gasteiger partial charge < -0.3 is 10.1 Å². The quantitative estimate of drug-likeness (QED) is 0.553. The molecule has 5 heteroatoms. The van der Waals surface area contributed by atoms with Crippen LogP contribution < -0.4 is 10.1 Å². The molecule has 3 nitrogen and oxygen atoms in total. The Labute approximate surface area is 157 Å². The molecule has 0 aliphatic rings. The van der Waals surface area contributed by atoms with Crippen LogP contribution in [0.15, 0.2) is 42.5 Å². The van der Waals surface area contributed by atoms with E-state index in [-0.39, 0.29) is 0 Å². The van der Waals surface area contributed by atoms with E-state index in [0.717, 1.165) is 40.0 Å². The summed E-state index contributed by atoms with van der Waals surface area (Å²) in [7, 11) is 0. The summed E-state index contributed by atoms with van der Waals surface area (Å²) in [5, 5.41) is 5.64. The Bertz CT molecular complexity index is 896. The first-order chi connectivity index (χ1) is 12.1. The van der Waals surface area contributed by atoms with E-state index in [1.807, 2.05) is 43.3 Å². The second-order valence-corrected chi connectivity index (χ2v) is 6.73. The van der Waals surface area contributed by atoms with Crippen LogP contribution in [-0.2, 0) is 6.54 Å². The maximum atomic E-state index is 6.10. The molecule has 0 radical (unpaired) electrons. The minimum atomic E-state index is 0.562. The lowest BCUT2D eigenvalue weighted by molar-refractivity contribution is 0.320. The summed E-state index contributed by atoms with van der Waals surface area (Å²) in [6.45, 7) is 5.41. The van der Waals surface area contributed by atoms with Crippen LogP contribution in [0.4, 0.5) is 5.69 Å². The first kappa shape index (κ1) is 17.8. The fourth-order valence-corrected chi connectivity index (χ4v) is 2.99. The summed E-state index contributed by atoms with van der Waals surface area (Å²) in [6.07, 6.45) is 0.963. The topological polar surface area (TPSA) is 34.1 Å². The second-order valence-electron chi connectivity index (χ2n) is 5.91. The van der Waals surface area contributed by atoms with Crippen LogP contribution in [0.1, 0.15) is 24.6 Å². The van der Waals surface area contributed by atoms with Gasteiger partial charge in [0.25, 0.3) is 0 Å². The van der Waals surface area contributed by atoms with Gasteiger partial charge in [0.15, 0.2) is 0 Å². The Balaban J connectivity index is 1.91. The highest BCUT2D eigenvalue weighted by molar-refractivity contribution is 6.42. The Morgan fingerprint density at radius 2 is 1.92 bits per heavy atom. The lowest BCUT2D eigenvalue weighted by Crippen LogP contribution is -2.03. The van der Waals surface area contributed by atoms with Crippen molar-refractivity contribution in [1.82, 2.24) is 4.98 Å². The third-order valence-electron chi connectivity index (χ3n) is 3.86. The fourth-order valence-electron chi connectivity index (χ4n) is 2.67. The van der Waals surface area contributed by atoms with Gasteiger partial charge in [0.1, 0.15) is 11.3 Å². The summed E-state index contributed by atoms with van der Waals surface area (Å²) in [6, 6.07) is 13.7. The first-order valence-electron chi connectivity index (χ1n) is 8.29. The Kier molecular flexibility index (Phi) is 5.67. The molecule has 0 fully saturated rings. The van der Waals surface area contributed by atoms with Gasteiger partial charge in [0.2, 0.25) is 0 Å². The monoisotopic (exact) mass is 374 g/mol. The van der Waals surface area contributed by atoms with E-state index in [0.29, 0.717) is 23.2 Å². The molecule has 2 aromatic carbocycles. The van der Waals surface area contributed by atoms with E-state index < -0.39 is 0 Å². The van der Waals surface area contributed by atoms with Gasteiger partial charge in [-0.05, 0) is 43.2 Å². The molecular formula is C20H20Cl2N2O. The average Bonchev–Trinajstić information content (AvgIpc) is 2.60. The van der Waals surface area contributed by atoms with Crippen molar-refractivity contribution in [3.05, 3.63) is 63.8 Å². The standard InChI is InChI=1S/C20H20Cl2N2O/c1-3-9-25-19-6-4-5-15-18(10-13(2)24-20(15)19)23-12-14-7-8-16(21)17(22)11-14/h4-8,10-11H,3,9,12H2,1-2H3,(H,23,24). The van der Waals surface area contributed by atoms with Gasteiger partial charge in [-0.15, -0.1) is 0 Å². The maximum Gasteiger partial charge on any atom is 0.145 e. The van der Waals surface area contributed by atoms with Gasteiger partial charge in [0, 0.05) is 23.3 Å². The number of anilines is 1. The van der Waals surface area contributed by atoms with E-state index in [1.165, 1.54) is 0 Å². The highest BCUT2D eigenvalue weighted by Crippen LogP contribution is 2.31. The van der Waals surface area contributed by atoms with Crippen LogP contribution in [0.5, 0.6) is 5.75 Å². The van der Waals surface area contributed by atoms with Crippen LogP contribution >= 0.6 is 23.2 Å². The molecule has 1 heterocycles. The number of nitrogens with zero attached hydrogens (tertiary/aromatic N) is 1. The summed E-state index contributed by atoms with van der Waals surface area (Å²) < 4.78 is 5.85. The van der Waals surface area contributed by atoms with Crippen LogP contribution in [0.3, 0.4) is 0 Å². The summed E-state index contributed by atoms with van der Waals surface area (Å²) >= 11 is 12.1. The van der Waals surface area contributed by atoms with Gasteiger partial charge in [-0.2, -0.15) is 0 Å². The highest BCUT2D eigenvalue weighted by Gasteiger charge is 2.09. The zero-order chi connectivity index (χ0) is 17.8. The number of aromatic nitrogens is 1. The molecule has 3 aromatic rings. The molecule has 1 aromatic heterocycles. The number of hydrogen-bond acceptors (Lipinski definition) is 3.